The molecule has 2 rings (SSSR count). The van der Waals surface area contributed by atoms with Gasteiger partial charge in [-0.3, -0.25) is 4.90 Å². The van der Waals surface area contributed by atoms with Gasteiger partial charge in [0.1, 0.15) is 6.33 Å². The van der Waals surface area contributed by atoms with E-state index < -0.39 is 0 Å². The maximum atomic E-state index is 5.92. The molecule has 1 aliphatic rings. The molecule has 2 N–H and O–H groups in total. The summed E-state index contributed by atoms with van der Waals surface area (Å²) in [5, 5.41) is 0.343. The number of likely N-dealkylation sites (tertiary alicyclic amines) is 1. The van der Waals surface area contributed by atoms with Crippen molar-refractivity contribution < 1.29 is 0 Å². The second-order valence-electron chi connectivity index (χ2n) is 4.10. The van der Waals surface area contributed by atoms with Gasteiger partial charge >= 0.3 is 0 Å². The van der Waals surface area contributed by atoms with Crippen LogP contribution in [0.4, 0.5) is 0 Å². The third kappa shape index (κ3) is 2.72. The second-order valence-corrected chi connectivity index (χ2v) is 5.01. The predicted octanol–water partition coefficient (Wildman–Crippen LogP) is 1.26. The predicted molar refractivity (Wildman–Crippen MR) is 67.1 cm³/mol. The zero-order valence-electron chi connectivity index (χ0n) is 9.54. The van der Waals surface area contributed by atoms with Gasteiger partial charge in [-0.05, 0) is 25.2 Å². The molecule has 1 saturated heterocycles. The average molecular weight is 238 g/mol. The molecule has 5 heteroatoms. The molecule has 1 aromatic heterocycles. The van der Waals surface area contributed by atoms with Gasteiger partial charge in [0, 0.05) is 25.3 Å². The van der Waals surface area contributed by atoms with E-state index >= 15 is 0 Å². The van der Waals surface area contributed by atoms with Crippen LogP contribution in [0, 0.1) is 0 Å². The first-order chi connectivity index (χ1) is 7.81. The van der Waals surface area contributed by atoms with Crippen LogP contribution in [-0.2, 0) is 0 Å². The fourth-order valence-electron chi connectivity index (χ4n) is 2.06. The van der Waals surface area contributed by atoms with Gasteiger partial charge < -0.3 is 5.73 Å². The van der Waals surface area contributed by atoms with Crippen molar-refractivity contribution in [3.05, 3.63) is 24.3 Å². The van der Waals surface area contributed by atoms with E-state index in [1.807, 2.05) is 17.8 Å². The lowest BCUT2D eigenvalue weighted by atomic mass is 10.1. The Morgan fingerprint density at radius 1 is 1.50 bits per heavy atom. The molecule has 1 unspecified atom stereocenters. The van der Waals surface area contributed by atoms with Crippen LogP contribution in [-0.4, -0.2) is 40.3 Å². The SMILES string of the molecule is CSC(c1ccncn1)N1CCC(N)CC1. The number of nitrogens with zero attached hydrogens (tertiary/aromatic N) is 3. The van der Waals surface area contributed by atoms with Gasteiger partial charge in [-0.15, -0.1) is 11.8 Å². The molecule has 0 radical (unpaired) electrons. The Labute approximate surface area is 101 Å². The maximum Gasteiger partial charge on any atom is 0.115 e. The number of nitrogens with two attached hydrogens (primary N) is 1. The summed E-state index contributed by atoms with van der Waals surface area (Å²) in [6, 6.07) is 2.37. The first kappa shape index (κ1) is 11.8. The summed E-state index contributed by atoms with van der Waals surface area (Å²) in [6.07, 6.45) is 7.72. The monoisotopic (exact) mass is 238 g/mol. The average Bonchev–Trinajstić information content (AvgIpc) is 2.34. The van der Waals surface area contributed by atoms with Crippen molar-refractivity contribution in [2.75, 3.05) is 19.3 Å². The van der Waals surface area contributed by atoms with Gasteiger partial charge in [-0.2, -0.15) is 0 Å². The zero-order chi connectivity index (χ0) is 11.4. The van der Waals surface area contributed by atoms with Gasteiger partial charge in [0.05, 0.1) is 11.1 Å². The van der Waals surface area contributed by atoms with Gasteiger partial charge in [0.2, 0.25) is 0 Å². The Morgan fingerprint density at radius 2 is 2.25 bits per heavy atom. The van der Waals surface area contributed by atoms with Crippen LogP contribution >= 0.6 is 11.8 Å². The molecule has 1 atom stereocenters. The van der Waals surface area contributed by atoms with Gasteiger partial charge in [0.15, 0.2) is 0 Å². The molecule has 16 heavy (non-hydrogen) atoms. The Morgan fingerprint density at radius 3 is 2.81 bits per heavy atom. The van der Waals surface area contributed by atoms with Crippen molar-refractivity contribution in [1.82, 2.24) is 14.9 Å². The Balaban J connectivity index is 2.05. The molecular weight excluding hydrogens is 220 g/mol. The lowest BCUT2D eigenvalue weighted by molar-refractivity contribution is 0.198. The normalized spacial score (nSPS) is 20.9. The standard InChI is InChI=1S/C11H18N4S/c1-16-11(10-2-5-13-8-14-10)15-6-3-9(12)4-7-15/h2,5,8-9,11H,3-4,6-7,12H2,1H3. The second kappa shape index (κ2) is 5.61. The highest BCUT2D eigenvalue weighted by Gasteiger charge is 2.24. The van der Waals surface area contributed by atoms with Gasteiger partial charge in [-0.1, -0.05) is 0 Å². The molecule has 4 nitrogen and oxygen atoms in total. The minimum atomic E-state index is 0.343. The third-order valence-electron chi connectivity index (χ3n) is 2.99. The van der Waals surface area contributed by atoms with E-state index in [4.69, 9.17) is 5.73 Å². The van der Waals surface area contributed by atoms with Crippen molar-refractivity contribution in [2.24, 2.45) is 5.73 Å². The highest BCUT2D eigenvalue weighted by atomic mass is 32.2. The van der Waals surface area contributed by atoms with E-state index in [1.54, 1.807) is 12.5 Å². The van der Waals surface area contributed by atoms with Gasteiger partial charge in [-0.25, -0.2) is 9.97 Å². The van der Waals surface area contributed by atoms with E-state index in [9.17, 15) is 0 Å². The van der Waals surface area contributed by atoms with Crippen molar-refractivity contribution in [1.29, 1.82) is 0 Å². The number of hydrogen-bond donors (Lipinski definition) is 1. The number of rotatable bonds is 3. The van der Waals surface area contributed by atoms with E-state index in [0.717, 1.165) is 31.6 Å². The number of thioether (sulfide) groups is 1. The Bertz CT molecular complexity index is 311. The van der Waals surface area contributed by atoms with Crippen molar-refractivity contribution in [3.8, 4) is 0 Å². The molecule has 0 bridgehead atoms. The molecular formula is C11H18N4S. The van der Waals surface area contributed by atoms with E-state index in [-0.39, 0.29) is 0 Å². The van der Waals surface area contributed by atoms with Crippen LogP contribution in [0.1, 0.15) is 23.9 Å². The van der Waals surface area contributed by atoms with Crippen molar-refractivity contribution in [3.63, 3.8) is 0 Å². The van der Waals surface area contributed by atoms with Crippen molar-refractivity contribution in [2.45, 2.75) is 24.3 Å². The van der Waals surface area contributed by atoms with Crippen LogP contribution in [0.2, 0.25) is 0 Å². The van der Waals surface area contributed by atoms with E-state index in [0.29, 0.717) is 11.4 Å². The quantitative estimate of drug-likeness (QED) is 0.859. The summed E-state index contributed by atoms with van der Waals surface area (Å²) >= 11 is 1.83. The molecule has 88 valence electrons. The summed E-state index contributed by atoms with van der Waals surface area (Å²) in [5.74, 6) is 0. The van der Waals surface area contributed by atoms with Crippen LogP contribution in [0.25, 0.3) is 0 Å². The molecule has 0 amide bonds. The summed E-state index contributed by atoms with van der Waals surface area (Å²) in [7, 11) is 0. The van der Waals surface area contributed by atoms with Crippen molar-refractivity contribution >= 4 is 11.8 Å². The molecule has 0 spiro atoms. The molecule has 0 saturated carbocycles. The van der Waals surface area contributed by atoms with Crippen LogP contribution < -0.4 is 5.73 Å². The summed E-state index contributed by atoms with van der Waals surface area (Å²) in [5.41, 5.74) is 7.01. The lowest BCUT2D eigenvalue weighted by Gasteiger charge is -2.35. The number of hydrogen-bond acceptors (Lipinski definition) is 5. The zero-order valence-corrected chi connectivity index (χ0v) is 10.4. The number of aromatic nitrogens is 2. The smallest absolute Gasteiger partial charge is 0.115 e. The number of piperidine rings is 1. The minimum Gasteiger partial charge on any atom is -0.328 e. The first-order valence-corrected chi connectivity index (χ1v) is 6.88. The summed E-state index contributed by atoms with van der Waals surface area (Å²) < 4.78 is 0. The molecule has 1 aliphatic heterocycles. The molecule has 1 aromatic rings. The molecule has 2 heterocycles. The van der Waals surface area contributed by atoms with E-state index in [1.165, 1.54) is 0 Å². The van der Waals surface area contributed by atoms with Gasteiger partial charge in [0.25, 0.3) is 0 Å². The molecule has 0 aromatic carbocycles. The molecule has 0 aliphatic carbocycles. The maximum absolute atomic E-state index is 5.92. The fraction of sp³-hybridized carbons (Fsp3) is 0.636. The third-order valence-corrected chi connectivity index (χ3v) is 3.97. The first-order valence-electron chi connectivity index (χ1n) is 5.59. The molecule has 1 fully saturated rings. The largest absolute Gasteiger partial charge is 0.328 e. The summed E-state index contributed by atoms with van der Waals surface area (Å²) in [6.45, 7) is 2.13. The lowest BCUT2D eigenvalue weighted by Crippen LogP contribution is -2.40. The summed E-state index contributed by atoms with van der Waals surface area (Å²) in [4.78, 5) is 10.8. The van der Waals surface area contributed by atoms with E-state index in [2.05, 4.69) is 21.1 Å². The fourth-order valence-corrected chi connectivity index (χ4v) is 2.95. The van der Waals surface area contributed by atoms with Crippen LogP contribution in [0.3, 0.4) is 0 Å². The topological polar surface area (TPSA) is 55.0 Å². The highest BCUT2D eigenvalue weighted by Crippen LogP contribution is 2.30. The Hall–Kier alpha value is -0.650. The minimum absolute atomic E-state index is 0.343. The van der Waals surface area contributed by atoms with Crippen LogP contribution in [0.15, 0.2) is 18.6 Å². The highest BCUT2D eigenvalue weighted by molar-refractivity contribution is 7.98. The Kier molecular flexibility index (Phi) is 4.15. The van der Waals surface area contributed by atoms with Crippen LogP contribution in [0.5, 0.6) is 0 Å².